The maximum absolute atomic E-state index is 5.75. The van der Waals surface area contributed by atoms with Gasteiger partial charge in [0.1, 0.15) is 0 Å². The van der Waals surface area contributed by atoms with Crippen LogP contribution in [0.15, 0.2) is 42.7 Å². The number of pyridine rings is 1. The van der Waals surface area contributed by atoms with Crippen molar-refractivity contribution >= 4 is 16.7 Å². The number of benzene rings is 1. The fraction of sp³-hybridized carbons (Fsp3) is 0. The van der Waals surface area contributed by atoms with Gasteiger partial charge >= 0.3 is 0 Å². The summed E-state index contributed by atoms with van der Waals surface area (Å²) in [5.41, 5.74) is 9.41. The van der Waals surface area contributed by atoms with E-state index in [1.807, 2.05) is 36.5 Å². The maximum atomic E-state index is 5.75. The van der Waals surface area contributed by atoms with E-state index in [9.17, 15) is 0 Å². The number of nitrogens with two attached hydrogens (primary N) is 1. The third kappa shape index (κ3) is 1.40. The highest BCUT2D eigenvalue weighted by Crippen LogP contribution is 2.23. The minimum atomic E-state index is 0.754. The van der Waals surface area contributed by atoms with Gasteiger partial charge in [0.05, 0.1) is 6.20 Å². The molecule has 0 amide bonds. The Kier molecular flexibility index (Phi) is 1.86. The molecule has 2 aromatic heterocycles. The molecule has 0 atom stereocenters. The summed E-state index contributed by atoms with van der Waals surface area (Å²) in [4.78, 5) is 4.29. The number of aromatic amines is 1. The number of aromatic nitrogens is 3. The van der Waals surface area contributed by atoms with Crippen molar-refractivity contribution in [1.82, 2.24) is 15.2 Å². The van der Waals surface area contributed by atoms with Crippen LogP contribution in [0.5, 0.6) is 0 Å². The standard InChI is InChI=1S/C12H10N4/c13-11-3-1-2-8(5-11)9-4-10-7-15-16-12(10)14-6-9/h1-7H,13H2,(H,14,15,16). The number of nitrogens with one attached hydrogen (secondary N) is 1. The Bertz CT molecular complexity index is 642. The molecule has 78 valence electrons. The highest BCUT2D eigenvalue weighted by molar-refractivity contribution is 5.80. The summed E-state index contributed by atoms with van der Waals surface area (Å²) in [5.74, 6) is 0. The van der Waals surface area contributed by atoms with Crippen LogP contribution < -0.4 is 5.73 Å². The van der Waals surface area contributed by atoms with E-state index >= 15 is 0 Å². The van der Waals surface area contributed by atoms with Gasteiger partial charge in [-0.25, -0.2) is 4.98 Å². The molecule has 0 saturated carbocycles. The predicted molar refractivity (Wildman–Crippen MR) is 63.7 cm³/mol. The van der Waals surface area contributed by atoms with Gasteiger partial charge in [0.15, 0.2) is 5.65 Å². The topological polar surface area (TPSA) is 67.6 Å². The molecule has 1 aromatic carbocycles. The van der Waals surface area contributed by atoms with Gasteiger partial charge in [-0.05, 0) is 23.8 Å². The molecule has 16 heavy (non-hydrogen) atoms. The van der Waals surface area contributed by atoms with E-state index < -0.39 is 0 Å². The Balaban J connectivity index is 2.18. The van der Waals surface area contributed by atoms with Crippen molar-refractivity contribution < 1.29 is 0 Å². The number of nitrogens with zero attached hydrogens (tertiary/aromatic N) is 2. The molecule has 2 heterocycles. The lowest BCUT2D eigenvalue weighted by Gasteiger charge is -2.02. The highest BCUT2D eigenvalue weighted by Gasteiger charge is 2.02. The first-order chi connectivity index (χ1) is 7.83. The summed E-state index contributed by atoms with van der Waals surface area (Å²) in [7, 11) is 0. The van der Waals surface area contributed by atoms with E-state index in [4.69, 9.17) is 5.73 Å². The molecule has 4 nitrogen and oxygen atoms in total. The molecule has 0 aliphatic rings. The van der Waals surface area contributed by atoms with Crippen LogP contribution in [0.1, 0.15) is 0 Å². The van der Waals surface area contributed by atoms with Gasteiger partial charge in [-0.1, -0.05) is 12.1 Å². The van der Waals surface area contributed by atoms with Crippen molar-refractivity contribution in [1.29, 1.82) is 0 Å². The van der Waals surface area contributed by atoms with Crippen molar-refractivity contribution in [3.05, 3.63) is 42.7 Å². The summed E-state index contributed by atoms with van der Waals surface area (Å²) in [6.45, 7) is 0. The zero-order valence-electron chi connectivity index (χ0n) is 8.51. The summed E-state index contributed by atoms with van der Waals surface area (Å²) < 4.78 is 0. The second-order valence-electron chi connectivity index (χ2n) is 3.66. The van der Waals surface area contributed by atoms with Crippen molar-refractivity contribution in [3.8, 4) is 11.1 Å². The molecule has 0 aliphatic heterocycles. The summed E-state index contributed by atoms with van der Waals surface area (Å²) >= 11 is 0. The summed E-state index contributed by atoms with van der Waals surface area (Å²) in [6, 6.07) is 9.79. The molecule has 0 saturated heterocycles. The summed E-state index contributed by atoms with van der Waals surface area (Å²) in [5, 5.41) is 7.77. The fourth-order valence-corrected chi connectivity index (χ4v) is 1.71. The van der Waals surface area contributed by atoms with Gasteiger partial charge in [-0.3, -0.25) is 5.10 Å². The van der Waals surface area contributed by atoms with Crippen LogP contribution in [0.3, 0.4) is 0 Å². The van der Waals surface area contributed by atoms with E-state index in [1.165, 1.54) is 0 Å². The smallest absolute Gasteiger partial charge is 0.155 e. The van der Waals surface area contributed by atoms with Crippen LogP contribution in [0.4, 0.5) is 5.69 Å². The Morgan fingerprint density at radius 3 is 2.88 bits per heavy atom. The average molecular weight is 210 g/mol. The van der Waals surface area contributed by atoms with Crippen molar-refractivity contribution in [2.24, 2.45) is 0 Å². The van der Waals surface area contributed by atoms with Gasteiger partial charge < -0.3 is 5.73 Å². The average Bonchev–Trinajstić information content (AvgIpc) is 2.75. The van der Waals surface area contributed by atoms with Crippen LogP contribution in [-0.2, 0) is 0 Å². The molecule has 0 bridgehead atoms. The van der Waals surface area contributed by atoms with E-state index in [0.29, 0.717) is 0 Å². The van der Waals surface area contributed by atoms with Gasteiger partial charge in [0, 0.05) is 22.8 Å². The van der Waals surface area contributed by atoms with E-state index in [-0.39, 0.29) is 0 Å². The van der Waals surface area contributed by atoms with Crippen molar-refractivity contribution in [2.45, 2.75) is 0 Å². The molecule has 0 spiro atoms. The predicted octanol–water partition coefficient (Wildman–Crippen LogP) is 2.21. The van der Waals surface area contributed by atoms with Crippen LogP contribution >= 0.6 is 0 Å². The Morgan fingerprint density at radius 2 is 2.00 bits per heavy atom. The van der Waals surface area contributed by atoms with Crippen LogP contribution in [-0.4, -0.2) is 15.2 Å². The molecule has 0 radical (unpaired) electrons. The first kappa shape index (κ1) is 8.91. The molecular formula is C12H10N4. The monoisotopic (exact) mass is 210 g/mol. The zero-order valence-corrected chi connectivity index (χ0v) is 8.51. The summed E-state index contributed by atoms with van der Waals surface area (Å²) in [6.07, 6.45) is 3.58. The lowest BCUT2D eigenvalue weighted by atomic mass is 10.1. The molecule has 0 aliphatic carbocycles. The fourth-order valence-electron chi connectivity index (χ4n) is 1.71. The van der Waals surface area contributed by atoms with E-state index in [2.05, 4.69) is 15.2 Å². The maximum Gasteiger partial charge on any atom is 0.155 e. The van der Waals surface area contributed by atoms with Gasteiger partial charge in [0.25, 0.3) is 0 Å². The number of fused-ring (bicyclic) bond motifs is 1. The third-order valence-corrected chi connectivity index (χ3v) is 2.51. The van der Waals surface area contributed by atoms with Crippen molar-refractivity contribution in [3.63, 3.8) is 0 Å². The molecular weight excluding hydrogens is 200 g/mol. The normalized spacial score (nSPS) is 10.8. The van der Waals surface area contributed by atoms with Crippen LogP contribution in [0.25, 0.3) is 22.2 Å². The van der Waals surface area contributed by atoms with Gasteiger partial charge in [-0.2, -0.15) is 5.10 Å². The first-order valence-corrected chi connectivity index (χ1v) is 4.98. The largest absolute Gasteiger partial charge is 0.399 e. The SMILES string of the molecule is Nc1cccc(-c2cnc3[nH]ncc3c2)c1. The van der Waals surface area contributed by atoms with E-state index in [0.717, 1.165) is 27.8 Å². The number of rotatable bonds is 1. The number of hydrogen-bond acceptors (Lipinski definition) is 3. The van der Waals surface area contributed by atoms with E-state index in [1.54, 1.807) is 6.20 Å². The molecule has 3 aromatic rings. The highest BCUT2D eigenvalue weighted by atomic mass is 15.1. The van der Waals surface area contributed by atoms with Crippen LogP contribution in [0.2, 0.25) is 0 Å². The molecule has 0 fully saturated rings. The zero-order chi connectivity index (χ0) is 11.0. The quantitative estimate of drug-likeness (QED) is 0.605. The minimum Gasteiger partial charge on any atom is -0.399 e. The Labute approximate surface area is 92.1 Å². The Hall–Kier alpha value is -2.36. The first-order valence-electron chi connectivity index (χ1n) is 4.98. The minimum absolute atomic E-state index is 0.754. The second kappa shape index (κ2) is 3.34. The number of nitrogen functional groups attached to an aromatic ring is 1. The molecule has 4 heteroatoms. The third-order valence-electron chi connectivity index (χ3n) is 2.51. The second-order valence-corrected chi connectivity index (χ2v) is 3.66. The number of anilines is 1. The van der Waals surface area contributed by atoms with Crippen molar-refractivity contribution in [2.75, 3.05) is 5.73 Å². The molecule has 3 N–H and O–H groups in total. The lowest BCUT2D eigenvalue weighted by molar-refractivity contribution is 1.10. The molecule has 3 rings (SSSR count). The Morgan fingerprint density at radius 1 is 1.06 bits per heavy atom. The molecule has 0 unspecified atom stereocenters. The van der Waals surface area contributed by atoms with Gasteiger partial charge in [0.2, 0.25) is 0 Å². The van der Waals surface area contributed by atoms with Gasteiger partial charge in [-0.15, -0.1) is 0 Å². The number of hydrogen-bond donors (Lipinski definition) is 2. The number of H-pyrrole nitrogens is 1. The lowest BCUT2D eigenvalue weighted by Crippen LogP contribution is -1.86. The van der Waals surface area contributed by atoms with Crippen LogP contribution in [0, 0.1) is 0 Å².